The van der Waals surface area contributed by atoms with Crippen LogP contribution >= 0.6 is 0 Å². The van der Waals surface area contributed by atoms with Crippen molar-refractivity contribution < 1.29 is 13.2 Å². The summed E-state index contributed by atoms with van der Waals surface area (Å²) in [6.07, 6.45) is -3.53. The average molecular weight is 255 g/mol. The van der Waals surface area contributed by atoms with E-state index in [9.17, 15) is 13.2 Å². The predicted molar refractivity (Wildman–Crippen MR) is 63.5 cm³/mol. The Bertz CT molecular complexity index is 539. The number of fused-ring (bicyclic) bond motifs is 1. The third kappa shape index (κ3) is 3.09. The summed E-state index contributed by atoms with van der Waals surface area (Å²) in [7, 11) is 1.57. The van der Waals surface area contributed by atoms with Gasteiger partial charge in [-0.1, -0.05) is 12.1 Å². The molecule has 0 saturated heterocycles. The molecule has 0 fully saturated rings. The van der Waals surface area contributed by atoms with Crippen molar-refractivity contribution in [3.05, 3.63) is 30.5 Å². The van der Waals surface area contributed by atoms with Gasteiger partial charge in [0, 0.05) is 13.6 Å². The smallest absolute Gasteiger partial charge is 0.358 e. The molecule has 0 aliphatic rings. The van der Waals surface area contributed by atoms with Gasteiger partial charge in [0.2, 0.25) is 0 Å². The van der Waals surface area contributed by atoms with Crippen LogP contribution in [-0.4, -0.2) is 29.7 Å². The van der Waals surface area contributed by atoms with Crippen LogP contribution in [0, 0.1) is 0 Å². The van der Waals surface area contributed by atoms with Gasteiger partial charge in [-0.15, -0.1) is 0 Å². The largest absolute Gasteiger partial charge is 0.390 e. The van der Waals surface area contributed by atoms with E-state index in [2.05, 4.69) is 9.97 Å². The molecule has 6 heteroatoms. The molecule has 0 unspecified atom stereocenters. The lowest BCUT2D eigenvalue weighted by molar-refractivity contribution is -0.132. The number of halogens is 3. The number of rotatable bonds is 3. The van der Waals surface area contributed by atoms with Crippen molar-refractivity contribution in [2.24, 2.45) is 0 Å². The zero-order valence-corrected chi connectivity index (χ0v) is 9.78. The van der Waals surface area contributed by atoms with E-state index >= 15 is 0 Å². The number of benzene rings is 1. The minimum absolute atomic E-state index is 0.128. The molecule has 0 saturated carbocycles. The van der Waals surface area contributed by atoms with E-state index in [1.54, 1.807) is 13.1 Å². The molecule has 0 amide bonds. The number of hydrogen-bond acceptors (Lipinski definition) is 3. The number of anilines is 1. The summed E-state index contributed by atoms with van der Waals surface area (Å²) < 4.78 is 36.4. The van der Waals surface area contributed by atoms with Gasteiger partial charge in [0.15, 0.2) is 0 Å². The van der Waals surface area contributed by atoms with Crippen molar-refractivity contribution in [2.45, 2.75) is 12.6 Å². The Hall–Kier alpha value is -1.85. The summed E-state index contributed by atoms with van der Waals surface area (Å²) in [4.78, 5) is 9.88. The molecule has 3 nitrogen and oxygen atoms in total. The SMILES string of the molecule is CN(CCC(F)(F)F)c1cnc2ccccc2n1. The fraction of sp³-hybridized carbons (Fsp3) is 0.333. The Kier molecular flexibility index (Phi) is 3.36. The second-order valence-corrected chi connectivity index (χ2v) is 4.00. The lowest BCUT2D eigenvalue weighted by Gasteiger charge is -2.18. The average Bonchev–Trinajstić information content (AvgIpc) is 2.34. The highest BCUT2D eigenvalue weighted by molar-refractivity contribution is 5.75. The highest BCUT2D eigenvalue weighted by Crippen LogP contribution is 2.21. The molecule has 1 aromatic heterocycles. The maximum Gasteiger partial charge on any atom is 0.390 e. The van der Waals surface area contributed by atoms with Gasteiger partial charge in [0.1, 0.15) is 5.82 Å². The lowest BCUT2D eigenvalue weighted by Crippen LogP contribution is -2.24. The number of hydrogen-bond donors (Lipinski definition) is 0. The predicted octanol–water partition coefficient (Wildman–Crippen LogP) is 3.02. The van der Waals surface area contributed by atoms with Crippen LogP contribution in [0.15, 0.2) is 30.5 Å². The molecule has 0 bridgehead atoms. The van der Waals surface area contributed by atoms with Crippen LogP contribution in [0.2, 0.25) is 0 Å². The van der Waals surface area contributed by atoms with E-state index in [1.165, 1.54) is 11.1 Å². The molecule has 0 N–H and O–H groups in total. The zero-order valence-electron chi connectivity index (χ0n) is 9.78. The minimum atomic E-state index is -4.15. The van der Waals surface area contributed by atoms with Crippen molar-refractivity contribution in [3.8, 4) is 0 Å². The summed E-state index contributed by atoms with van der Waals surface area (Å²) in [6, 6.07) is 7.24. The first-order valence-electron chi connectivity index (χ1n) is 5.45. The standard InChI is InChI=1S/C12H12F3N3/c1-18(7-6-12(13,14)15)11-8-16-9-4-2-3-5-10(9)17-11/h2-5,8H,6-7H2,1H3. The molecule has 0 atom stereocenters. The van der Waals surface area contributed by atoms with Crippen molar-refractivity contribution >= 4 is 16.9 Å². The topological polar surface area (TPSA) is 29.0 Å². The highest BCUT2D eigenvalue weighted by Gasteiger charge is 2.27. The molecule has 0 spiro atoms. The first-order valence-corrected chi connectivity index (χ1v) is 5.45. The van der Waals surface area contributed by atoms with Crippen LogP contribution in [0.1, 0.15) is 6.42 Å². The van der Waals surface area contributed by atoms with Crippen molar-refractivity contribution in [2.75, 3.05) is 18.5 Å². The zero-order chi connectivity index (χ0) is 13.2. The molecular formula is C12H12F3N3. The summed E-state index contributed by atoms with van der Waals surface area (Å²) in [5.74, 6) is 0.443. The van der Waals surface area contributed by atoms with Gasteiger partial charge >= 0.3 is 6.18 Å². The third-order valence-electron chi connectivity index (χ3n) is 2.56. The molecule has 2 aromatic rings. The number of alkyl halides is 3. The van der Waals surface area contributed by atoms with Gasteiger partial charge in [-0.2, -0.15) is 13.2 Å². The summed E-state index contributed by atoms with van der Waals surface area (Å²) in [5, 5.41) is 0. The second-order valence-electron chi connectivity index (χ2n) is 4.00. The van der Waals surface area contributed by atoms with Crippen molar-refractivity contribution in [1.29, 1.82) is 0 Å². The second kappa shape index (κ2) is 4.80. The first kappa shape index (κ1) is 12.6. The molecular weight excluding hydrogens is 243 g/mol. The fourth-order valence-electron chi connectivity index (χ4n) is 1.54. The van der Waals surface area contributed by atoms with Crippen molar-refractivity contribution in [3.63, 3.8) is 0 Å². The van der Waals surface area contributed by atoms with E-state index in [0.29, 0.717) is 11.3 Å². The molecule has 18 heavy (non-hydrogen) atoms. The quantitative estimate of drug-likeness (QED) is 0.844. The molecule has 1 aromatic carbocycles. The van der Waals surface area contributed by atoms with Crippen LogP contribution in [0.25, 0.3) is 11.0 Å². The summed E-state index contributed by atoms with van der Waals surface area (Å²) in [6.45, 7) is -0.128. The van der Waals surface area contributed by atoms with Gasteiger partial charge in [-0.3, -0.25) is 4.98 Å². The van der Waals surface area contributed by atoms with Crippen LogP contribution < -0.4 is 4.90 Å². The van der Waals surface area contributed by atoms with Gasteiger partial charge < -0.3 is 4.90 Å². The molecule has 96 valence electrons. The van der Waals surface area contributed by atoms with E-state index in [1.807, 2.05) is 18.2 Å². The molecule has 0 radical (unpaired) electrons. The summed E-state index contributed by atoms with van der Waals surface area (Å²) in [5.41, 5.74) is 1.40. The Balaban J connectivity index is 2.15. The normalized spacial score (nSPS) is 11.8. The van der Waals surface area contributed by atoms with Crippen LogP contribution in [-0.2, 0) is 0 Å². The van der Waals surface area contributed by atoms with E-state index < -0.39 is 12.6 Å². The van der Waals surface area contributed by atoms with Gasteiger partial charge in [0.25, 0.3) is 0 Å². The Morgan fingerprint density at radius 2 is 1.83 bits per heavy atom. The van der Waals surface area contributed by atoms with Crippen LogP contribution in [0.5, 0.6) is 0 Å². The molecule has 0 aliphatic carbocycles. The third-order valence-corrected chi connectivity index (χ3v) is 2.56. The Morgan fingerprint density at radius 1 is 1.17 bits per heavy atom. The molecule has 1 heterocycles. The van der Waals surface area contributed by atoms with Gasteiger partial charge in [0.05, 0.1) is 23.7 Å². The Morgan fingerprint density at radius 3 is 2.50 bits per heavy atom. The van der Waals surface area contributed by atoms with Gasteiger partial charge in [-0.05, 0) is 12.1 Å². The lowest BCUT2D eigenvalue weighted by atomic mass is 10.3. The summed E-state index contributed by atoms with van der Waals surface area (Å²) >= 11 is 0. The first-order chi connectivity index (χ1) is 8.46. The van der Waals surface area contributed by atoms with E-state index in [-0.39, 0.29) is 6.54 Å². The highest BCUT2D eigenvalue weighted by atomic mass is 19.4. The molecule has 0 aliphatic heterocycles. The van der Waals surface area contributed by atoms with E-state index in [4.69, 9.17) is 0 Å². The van der Waals surface area contributed by atoms with Gasteiger partial charge in [-0.25, -0.2) is 4.98 Å². The van der Waals surface area contributed by atoms with E-state index in [0.717, 1.165) is 5.52 Å². The van der Waals surface area contributed by atoms with Crippen molar-refractivity contribution in [1.82, 2.24) is 9.97 Å². The maximum absolute atomic E-state index is 12.1. The minimum Gasteiger partial charge on any atom is -0.358 e. The van der Waals surface area contributed by atoms with Crippen LogP contribution in [0.3, 0.4) is 0 Å². The fourth-order valence-corrected chi connectivity index (χ4v) is 1.54. The monoisotopic (exact) mass is 255 g/mol. The molecule has 2 rings (SSSR count). The number of nitrogens with zero attached hydrogens (tertiary/aromatic N) is 3. The Labute approximate surface area is 102 Å². The number of aromatic nitrogens is 2. The maximum atomic E-state index is 12.1. The van der Waals surface area contributed by atoms with Crippen LogP contribution in [0.4, 0.5) is 19.0 Å². The number of para-hydroxylation sites is 2.